The van der Waals surface area contributed by atoms with Crippen LogP contribution < -0.4 is 29.6 Å². The Bertz CT molecular complexity index is 833. The first kappa shape index (κ1) is 28.1. The Morgan fingerprint density at radius 1 is 1.12 bits per heavy atom. The number of aliphatic hydroxyl groups excluding tert-OH is 1. The minimum atomic E-state index is -4.64. The van der Waals surface area contributed by atoms with Crippen molar-refractivity contribution in [2.75, 3.05) is 6.61 Å². The van der Waals surface area contributed by atoms with Gasteiger partial charge in [-0.25, -0.2) is 8.42 Å². The van der Waals surface area contributed by atoms with E-state index >= 15 is 0 Å². The summed E-state index contributed by atoms with van der Waals surface area (Å²) in [6.07, 6.45) is 7.82. The minimum Gasteiger partial charge on any atom is -0.726 e. The van der Waals surface area contributed by atoms with Crippen LogP contribution in [0.2, 0.25) is 0 Å². The third-order valence-electron chi connectivity index (χ3n) is 10.8. The van der Waals surface area contributed by atoms with Crippen molar-refractivity contribution in [1.29, 1.82) is 0 Å². The molecule has 1 N–H and O–H groups in total. The van der Waals surface area contributed by atoms with E-state index in [0.29, 0.717) is 48.7 Å². The van der Waals surface area contributed by atoms with Gasteiger partial charge in [-0.05, 0) is 90.8 Å². The molecule has 0 spiro atoms. The Balaban J connectivity index is 0.00000306. The van der Waals surface area contributed by atoms with Crippen molar-refractivity contribution < 1.29 is 56.6 Å². The normalized spacial score (nSPS) is 46.0. The predicted octanol–water partition coefficient (Wildman–Crippen LogP) is 1.33. The summed E-state index contributed by atoms with van der Waals surface area (Å²) in [6, 6.07) is 0. The van der Waals surface area contributed by atoms with Crippen molar-refractivity contribution in [3.63, 3.8) is 0 Å². The van der Waals surface area contributed by atoms with Gasteiger partial charge in [0, 0.05) is 12.8 Å². The maximum Gasteiger partial charge on any atom is 1.00 e. The Morgan fingerprint density at radius 3 is 2.42 bits per heavy atom. The summed E-state index contributed by atoms with van der Waals surface area (Å²) in [5, 5.41) is 11.7. The molecule has 0 aliphatic heterocycles. The van der Waals surface area contributed by atoms with Gasteiger partial charge in [-0.1, -0.05) is 34.1 Å². The van der Waals surface area contributed by atoms with Crippen LogP contribution in [-0.4, -0.2) is 36.6 Å². The van der Waals surface area contributed by atoms with E-state index in [0.717, 1.165) is 38.5 Å². The van der Waals surface area contributed by atoms with Gasteiger partial charge in [0.2, 0.25) is 10.4 Å². The zero-order chi connectivity index (χ0) is 23.5. The number of hydrogen-bond acceptors (Lipinski definition) is 6. The fraction of sp³-hybridized carbons (Fsp3) is 0.960. The first-order valence-electron chi connectivity index (χ1n) is 12.7. The average Bonchev–Trinajstić information content (AvgIpc) is 3.06. The third kappa shape index (κ3) is 4.91. The van der Waals surface area contributed by atoms with E-state index in [-0.39, 0.29) is 70.9 Å². The Morgan fingerprint density at radius 2 is 1.79 bits per heavy atom. The maximum absolute atomic E-state index is 12.3. The first-order valence-corrected chi connectivity index (χ1v) is 14.1. The molecule has 4 aliphatic carbocycles. The summed E-state index contributed by atoms with van der Waals surface area (Å²) >= 11 is 0. The Hall–Kier alpha value is 0.500. The van der Waals surface area contributed by atoms with E-state index in [9.17, 15) is 22.9 Å². The number of carbonyl (C=O) groups excluding carboxylic acids is 1. The van der Waals surface area contributed by atoms with Crippen molar-refractivity contribution in [3.05, 3.63) is 0 Å². The van der Waals surface area contributed by atoms with Gasteiger partial charge >= 0.3 is 29.6 Å². The quantitative estimate of drug-likeness (QED) is 0.341. The van der Waals surface area contributed by atoms with Gasteiger partial charge in [0.15, 0.2) is 0 Å². The molecule has 0 amide bonds. The van der Waals surface area contributed by atoms with Gasteiger partial charge < -0.3 is 9.66 Å². The molecule has 184 valence electrons. The number of Topliss-reactive ketones (excluding diaryl/α,β-unsaturated/α-hetero) is 1. The molecule has 0 aromatic carbocycles. The predicted molar refractivity (Wildman–Crippen MR) is 120 cm³/mol. The third-order valence-corrected chi connectivity index (χ3v) is 11.3. The molecule has 10 atom stereocenters. The smallest absolute Gasteiger partial charge is 0.726 e. The molecule has 0 bridgehead atoms. The van der Waals surface area contributed by atoms with Gasteiger partial charge in [0.1, 0.15) is 5.78 Å². The van der Waals surface area contributed by atoms with Crippen LogP contribution in [0.4, 0.5) is 0 Å². The van der Waals surface area contributed by atoms with Gasteiger partial charge in [-0.2, -0.15) is 0 Å². The van der Waals surface area contributed by atoms with Crippen LogP contribution in [0.5, 0.6) is 0 Å². The number of carbonyl (C=O) groups is 1. The van der Waals surface area contributed by atoms with E-state index < -0.39 is 10.4 Å². The zero-order valence-corrected chi connectivity index (χ0v) is 23.9. The van der Waals surface area contributed by atoms with Crippen LogP contribution >= 0.6 is 0 Å². The van der Waals surface area contributed by atoms with Crippen LogP contribution in [0.15, 0.2) is 0 Å². The van der Waals surface area contributed by atoms with Crippen LogP contribution in [0.3, 0.4) is 0 Å². The largest absolute Gasteiger partial charge is 1.00 e. The summed E-state index contributed by atoms with van der Waals surface area (Å²) in [6.45, 7) is 9.07. The second kappa shape index (κ2) is 10.1. The van der Waals surface area contributed by atoms with E-state index in [1.807, 2.05) is 0 Å². The molecular weight excluding hydrogens is 451 g/mol. The van der Waals surface area contributed by atoms with Gasteiger partial charge in [0.25, 0.3) is 0 Å². The molecule has 0 saturated heterocycles. The summed E-state index contributed by atoms with van der Waals surface area (Å²) in [7, 11) is -4.64. The minimum absolute atomic E-state index is 0. The number of ketones is 1. The van der Waals surface area contributed by atoms with Crippen molar-refractivity contribution in [2.24, 2.45) is 52.3 Å². The molecule has 6 nitrogen and oxygen atoms in total. The Kier molecular flexibility index (Phi) is 8.60. The molecule has 4 saturated carbocycles. The summed E-state index contributed by atoms with van der Waals surface area (Å²) in [5.41, 5.74) is 0.254. The van der Waals surface area contributed by atoms with Crippen LogP contribution in [0.1, 0.15) is 85.5 Å². The standard InChI is InChI=1S/C25H42O6S.Na/c1-5-17-21-14-16(26)8-11-25(21,4)20-9-12-24(3)18(6-7-19(24)22(20)23(17)27)15(2)10-13-31-32(28,29)30;/h15,17-23,27H,5-14H2,1-4H3,(H,28,29,30);/q;+1/p-1/t15-,17-,18-,19+,20+,21+,22+,23-,24-,25-;/m1./s1. The zero-order valence-electron chi connectivity index (χ0n) is 21.1. The number of rotatable bonds is 6. The van der Waals surface area contributed by atoms with Crippen LogP contribution in [-0.2, 0) is 19.4 Å². The fourth-order valence-electron chi connectivity index (χ4n) is 9.28. The second-order valence-electron chi connectivity index (χ2n) is 11.9. The summed E-state index contributed by atoms with van der Waals surface area (Å²) in [5.74, 6) is 2.78. The van der Waals surface area contributed by atoms with Crippen LogP contribution in [0, 0.1) is 52.3 Å². The monoisotopic (exact) mass is 492 g/mol. The van der Waals surface area contributed by atoms with Crippen molar-refractivity contribution in [3.8, 4) is 0 Å². The van der Waals surface area contributed by atoms with Crippen molar-refractivity contribution >= 4 is 16.2 Å². The van der Waals surface area contributed by atoms with Crippen molar-refractivity contribution in [2.45, 2.75) is 91.6 Å². The molecule has 0 radical (unpaired) electrons. The molecule has 8 heteroatoms. The van der Waals surface area contributed by atoms with Crippen molar-refractivity contribution in [1.82, 2.24) is 0 Å². The molecule has 0 heterocycles. The molecule has 33 heavy (non-hydrogen) atoms. The maximum atomic E-state index is 12.3. The molecule has 4 aliphatic rings. The van der Waals surface area contributed by atoms with Crippen LogP contribution in [0.25, 0.3) is 0 Å². The first-order chi connectivity index (χ1) is 14.9. The molecule has 4 fully saturated rings. The van der Waals surface area contributed by atoms with E-state index in [4.69, 9.17) is 0 Å². The molecule has 0 aromatic heterocycles. The van der Waals surface area contributed by atoms with E-state index in [1.165, 1.54) is 0 Å². The number of hydrogen-bond donors (Lipinski definition) is 1. The topological polar surface area (TPSA) is 104 Å². The van der Waals surface area contributed by atoms with Gasteiger partial charge in [-0.3, -0.25) is 8.98 Å². The summed E-state index contributed by atoms with van der Waals surface area (Å²) in [4.78, 5) is 12.3. The number of fused-ring (bicyclic) bond motifs is 5. The number of aliphatic hydroxyl groups is 1. The SMILES string of the molecule is CC[C@H]1[C@@H](O)[C@@H]2[C@H](CC[C@]3(C)[C@@H]([C@H](C)CCOS(=O)(=O)[O-])CC[C@@H]23)[C@@]2(C)CCC(=O)C[C@@H]12.[Na+]. The van der Waals surface area contributed by atoms with E-state index in [1.54, 1.807) is 0 Å². The average molecular weight is 493 g/mol. The van der Waals surface area contributed by atoms with Gasteiger partial charge in [0.05, 0.1) is 12.7 Å². The fourth-order valence-corrected chi connectivity index (χ4v) is 9.58. The molecule has 0 unspecified atom stereocenters. The molecular formula is C25H41NaO6S. The van der Waals surface area contributed by atoms with Gasteiger partial charge in [-0.15, -0.1) is 0 Å². The summed E-state index contributed by atoms with van der Waals surface area (Å²) < 4.78 is 36.9. The molecule has 0 aromatic rings. The van der Waals surface area contributed by atoms with E-state index in [2.05, 4.69) is 31.9 Å². The Labute approximate surface area is 222 Å². The second-order valence-corrected chi connectivity index (χ2v) is 13.0. The molecule has 4 rings (SSSR count).